The van der Waals surface area contributed by atoms with Crippen LogP contribution in [0.4, 0.5) is 0 Å². The Balaban J connectivity index is 2.32. The Bertz CT molecular complexity index is 544. The molecule has 6 nitrogen and oxygen atoms in total. The summed E-state index contributed by atoms with van der Waals surface area (Å²) in [5, 5.41) is 5.42. The van der Waals surface area contributed by atoms with Gasteiger partial charge in [-0.3, -0.25) is 9.59 Å². The van der Waals surface area contributed by atoms with Crippen LogP contribution in [0.1, 0.15) is 32.3 Å². The Morgan fingerprint density at radius 1 is 1.04 bits per heavy atom. The first-order valence-electron chi connectivity index (χ1n) is 8.20. The van der Waals surface area contributed by atoms with E-state index < -0.39 is 0 Å². The van der Waals surface area contributed by atoms with Crippen molar-refractivity contribution in [2.45, 2.75) is 33.1 Å². The Morgan fingerprint density at radius 3 is 2.38 bits per heavy atom. The number of hydrogen-bond acceptors (Lipinski definition) is 4. The van der Waals surface area contributed by atoms with Gasteiger partial charge in [0.2, 0.25) is 11.8 Å². The van der Waals surface area contributed by atoms with Crippen molar-refractivity contribution in [3.63, 3.8) is 0 Å². The fraction of sp³-hybridized carbons (Fsp3) is 0.556. The van der Waals surface area contributed by atoms with Gasteiger partial charge >= 0.3 is 0 Å². The predicted molar refractivity (Wildman–Crippen MR) is 93.3 cm³/mol. The Morgan fingerprint density at radius 2 is 1.75 bits per heavy atom. The smallest absolute Gasteiger partial charge is 0.239 e. The fourth-order valence-electron chi connectivity index (χ4n) is 2.12. The summed E-state index contributed by atoms with van der Waals surface area (Å²) in [6, 6.07) is 5.56. The number of hydrogen-bond donors (Lipinski definition) is 2. The number of nitrogens with one attached hydrogen (secondary N) is 2. The monoisotopic (exact) mass is 336 g/mol. The highest BCUT2D eigenvalue weighted by molar-refractivity contribution is 5.84. The van der Waals surface area contributed by atoms with Gasteiger partial charge in [-0.05, 0) is 36.5 Å². The first-order valence-corrected chi connectivity index (χ1v) is 8.20. The van der Waals surface area contributed by atoms with Crippen LogP contribution >= 0.6 is 0 Å². The van der Waals surface area contributed by atoms with E-state index in [4.69, 9.17) is 9.47 Å². The SMILES string of the molecule is COc1ccc(CCC(=O)NCC(=O)NCCC(C)C)cc1OC. The first kappa shape index (κ1) is 19.8. The second-order valence-corrected chi connectivity index (χ2v) is 6.00. The molecule has 0 saturated heterocycles. The minimum absolute atomic E-state index is 0.0167. The van der Waals surface area contributed by atoms with Gasteiger partial charge in [0, 0.05) is 13.0 Å². The van der Waals surface area contributed by atoms with Crippen molar-refractivity contribution in [2.75, 3.05) is 27.3 Å². The van der Waals surface area contributed by atoms with Crippen LogP contribution < -0.4 is 20.1 Å². The summed E-state index contributed by atoms with van der Waals surface area (Å²) < 4.78 is 10.4. The third-order valence-corrected chi connectivity index (χ3v) is 3.58. The highest BCUT2D eigenvalue weighted by Gasteiger charge is 2.08. The van der Waals surface area contributed by atoms with Gasteiger partial charge in [-0.2, -0.15) is 0 Å². The normalized spacial score (nSPS) is 10.4. The predicted octanol–water partition coefficient (Wildman–Crippen LogP) is 1.91. The Kier molecular flexibility index (Phi) is 8.68. The summed E-state index contributed by atoms with van der Waals surface area (Å²) in [6.45, 7) is 4.85. The molecule has 2 N–H and O–H groups in total. The van der Waals surface area contributed by atoms with E-state index >= 15 is 0 Å². The molecular weight excluding hydrogens is 308 g/mol. The van der Waals surface area contributed by atoms with Crippen LogP contribution in [0.15, 0.2) is 18.2 Å². The van der Waals surface area contributed by atoms with Crippen molar-refractivity contribution < 1.29 is 19.1 Å². The minimum Gasteiger partial charge on any atom is -0.493 e. The number of amides is 2. The molecule has 6 heteroatoms. The molecule has 1 aromatic rings. The number of ether oxygens (including phenoxy) is 2. The van der Waals surface area contributed by atoms with Gasteiger partial charge in [0.25, 0.3) is 0 Å². The van der Waals surface area contributed by atoms with E-state index in [1.54, 1.807) is 14.2 Å². The van der Waals surface area contributed by atoms with Gasteiger partial charge in [0.05, 0.1) is 20.8 Å². The second-order valence-electron chi connectivity index (χ2n) is 6.00. The summed E-state index contributed by atoms with van der Waals surface area (Å²) in [4.78, 5) is 23.4. The van der Waals surface area contributed by atoms with Gasteiger partial charge in [-0.1, -0.05) is 19.9 Å². The van der Waals surface area contributed by atoms with Crippen LogP contribution in [0.2, 0.25) is 0 Å². The average molecular weight is 336 g/mol. The maximum absolute atomic E-state index is 11.8. The van der Waals surface area contributed by atoms with Gasteiger partial charge < -0.3 is 20.1 Å². The lowest BCUT2D eigenvalue weighted by atomic mass is 10.1. The number of methoxy groups -OCH3 is 2. The van der Waals surface area contributed by atoms with Gasteiger partial charge in [0.15, 0.2) is 11.5 Å². The summed E-state index contributed by atoms with van der Waals surface area (Å²) in [7, 11) is 3.16. The van der Waals surface area contributed by atoms with Crippen molar-refractivity contribution in [3.05, 3.63) is 23.8 Å². The van der Waals surface area contributed by atoms with E-state index in [1.165, 1.54) is 0 Å². The molecule has 0 aliphatic carbocycles. The van der Waals surface area contributed by atoms with Crippen molar-refractivity contribution in [3.8, 4) is 11.5 Å². The lowest BCUT2D eigenvalue weighted by Crippen LogP contribution is -2.37. The Hall–Kier alpha value is -2.24. The number of carbonyl (C=O) groups is 2. The van der Waals surface area contributed by atoms with E-state index in [2.05, 4.69) is 24.5 Å². The first-order chi connectivity index (χ1) is 11.5. The highest BCUT2D eigenvalue weighted by Crippen LogP contribution is 2.27. The van der Waals surface area contributed by atoms with Gasteiger partial charge in [0.1, 0.15) is 0 Å². The van der Waals surface area contributed by atoms with Crippen molar-refractivity contribution >= 4 is 11.8 Å². The van der Waals surface area contributed by atoms with E-state index in [1.807, 2.05) is 18.2 Å². The van der Waals surface area contributed by atoms with Crippen LogP contribution in [-0.2, 0) is 16.0 Å². The highest BCUT2D eigenvalue weighted by atomic mass is 16.5. The molecule has 0 spiro atoms. The number of aryl methyl sites for hydroxylation is 1. The summed E-state index contributed by atoms with van der Waals surface area (Å²) >= 11 is 0. The van der Waals surface area contributed by atoms with E-state index in [0.29, 0.717) is 36.8 Å². The topological polar surface area (TPSA) is 76.7 Å². The summed E-state index contributed by atoms with van der Waals surface area (Å²) in [5.41, 5.74) is 0.976. The molecule has 134 valence electrons. The molecule has 0 saturated carbocycles. The van der Waals surface area contributed by atoms with E-state index in [0.717, 1.165) is 12.0 Å². The molecule has 24 heavy (non-hydrogen) atoms. The zero-order valence-electron chi connectivity index (χ0n) is 15.0. The maximum atomic E-state index is 11.8. The molecule has 1 rings (SSSR count). The lowest BCUT2D eigenvalue weighted by Gasteiger charge is -2.10. The van der Waals surface area contributed by atoms with E-state index in [-0.39, 0.29) is 18.4 Å². The Labute approximate surface area is 143 Å². The maximum Gasteiger partial charge on any atom is 0.239 e. The van der Waals surface area contributed by atoms with Crippen LogP contribution in [0.25, 0.3) is 0 Å². The molecule has 2 amide bonds. The molecule has 0 atom stereocenters. The van der Waals surface area contributed by atoms with E-state index in [9.17, 15) is 9.59 Å². The molecule has 0 aliphatic rings. The molecule has 0 unspecified atom stereocenters. The summed E-state index contributed by atoms with van der Waals surface area (Å²) in [5.74, 6) is 1.53. The standard InChI is InChI=1S/C18H28N2O4/c1-13(2)9-10-19-18(22)12-20-17(21)8-6-14-5-7-15(23-3)16(11-14)24-4/h5,7,11,13H,6,8-10,12H2,1-4H3,(H,19,22)(H,20,21). The largest absolute Gasteiger partial charge is 0.493 e. The third-order valence-electron chi connectivity index (χ3n) is 3.58. The van der Waals surface area contributed by atoms with Crippen LogP contribution in [0.5, 0.6) is 11.5 Å². The quantitative estimate of drug-likeness (QED) is 0.684. The van der Waals surface area contributed by atoms with Crippen LogP contribution in [0.3, 0.4) is 0 Å². The van der Waals surface area contributed by atoms with Crippen molar-refractivity contribution in [2.24, 2.45) is 5.92 Å². The molecule has 0 radical (unpaired) electrons. The van der Waals surface area contributed by atoms with Gasteiger partial charge in [-0.25, -0.2) is 0 Å². The molecule has 0 heterocycles. The molecule has 0 aromatic heterocycles. The summed E-state index contributed by atoms with van der Waals surface area (Å²) in [6.07, 6.45) is 1.81. The van der Waals surface area contributed by atoms with Gasteiger partial charge in [-0.15, -0.1) is 0 Å². The minimum atomic E-state index is -0.157. The molecular formula is C18H28N2O4. The second kappa shape index (κ2) is 10.5. The van der Waals surface area contributed by atoms with Crippen LogP contribution in [-0.4, -0.2) is 39.1 Å². The molecule has 1 aromatic carbocycles. The number of rotatable bonds is 10. The zero-order chi connectivity index (χ0) is 17.9. The number of benzene rings is 1. The lowest BCUT2D eigenvalue weighted by molar-refractivity contribution is -0.126. The zero-order valence-corrected chi connectivity index (χ0v) is 15.0. The van der Waals surface area contributed by atoms with Crippen molar-refractivity contribution in [1.82, 2.24) is 10.6 Å². The fourth-order valence-corrected chi connectivity index (χ4v) is 2.12. The molecule has 0 fully saturated rings. The molecule has 0 bridgehead atoms. The average Bonchev–Trinajstić information content (AvgIpc) is 2.57. The number of carbonyl (C=O) groups excluding carboxylic acids is 2. The van der Waals surface area contributed by atoms with Crippen LogP contribution in [0, 0.1) is 5.92 Å². The van der Waals surface area contributed by atoms with Crippen molar-refractivity contribution in [1.29, 1.82) is 0 Å². The third kappa shape index (κ3) is 7.35. The molecule has 0 aliphatic heterocycles.